The van der Waals surface area contributed by atoms with Crippen LogP contribution in [0.4, 0.5) is 5.69 Å². The van der Waals surface area contributed by atoms with E-state index in [1.807, 2.05) is 0 Å². The third-order valence-corrected chi connectivity index (χ3v) is 6.01. The molecule has 1 aliphatic carbocycles. The predicted molar refractivity (Wildman–Crippen MR) is 69.7 cm³/mol. The Labute approximate surface area is 111 Å². The van der Waals surface area contributed by atoms with Gasteiger partial charge in [-0.05, 0) is 25.0 Å². The Kier molecular flexibility index (Phi) is 2.60. The first-order valence-corrected chi connectivity index (χ1v) is 7.95. The lowest BCUT2D eigenvalue weighted by atomic mass is 9.87. The maximum absolute atomic E-state index is 12.4. The van der Waals surface area contributed by atoms with Crippen molar-refractivity contribution in [1.82, 2.24) is 0 Å². The molecule has 1 fully saturated rings. The van der Waals surface area contributed by atoms with E-state index in [0.29, 0.717) is 12.8 Å². The molecule has 1 aliphatic heterocycles. The van der Waals surface area contributed by atoms with Crippen LogP contribution in [-0.2, 0) is 14.6 Å². The minimum Gasteiger partial charge on any atom is -0.508 e. The molecular weight excluding hydrogens is 266 g/mol. The number of amides is 1. The number of aromatic hydroxyl groups is 1. The molecule has 3 rings (SSSR count). The third kappa shape index (κ3) is 1.90. The minimum atomic E-state index is -3.51. The van der Waals surface area contributed by atoms with E-state index in [9.17, 15) is 18.3 Å². The van der Waals surface area contributed by atoms with Crippen LogP contribution in [0, 0.1) is 5.41 Å². The van der Waals surface area contributed by atoms with Crippen LogP contribution in [0.15, 0.2) is 23.1 Å². The molecule has 1 aromatic carbocycles. The Bertz CT molecular complexity index is 645. The lowest BCUT2D eigenvalue weighted by molar-refractivity contribution is -0.124. The van der Waals surface area contributed by atoms with E-state index in [0.717, 1.165) is 12.8 Å². The molecule has 1 amide bonds. The highest BCUT2D eigenvalue weighted by Crippen LogP contribution is 2.44. The average molecular weight is 281 g/mol. The van der Waals surface area contributed by atoms with Crippen molar-refractivity contribution in [3.05, 3.63) is 18.2 Å². The van der Waals surface area contributed by atoms with Crippen molar-refractivity contribution in [2.24, 2.45) is 5.41 Å². The Morgan fingerprint density at radius 3 is 2.58 bits per heavy atom. The summed E-state index contributed by atoms with van der Waals surface area (Å²) in [5, 5.41) is 12.1. The molecule has 0 radical (unpaired) electrons. The zero-order chi connectivity index (χ0) is 13.7. The van der Waals surface area contributed by atoms with Gasteiger partial charge in [-0.15, -0.1) is 0 Å². The van der Waals surface area contributed by atoms with Gasteiger partial charge in [-0.1, -0.05) is 12.8 Å². The van der Waals surface area contributed by atoms with Gasteiger partial charge in [0, 0.05) is 6.07 Å². The van der Waals surface area contributed by atoms with Crippen molar-refractivity contribution in [3.8, 4) is 5.75 Å². The highest BCUT2D eigenvalue weighted by atomic mass is 32.2. The molecule has 0 aromatic heterocycles. The van der Waals surface area contributed by atoms with Crippen molar-refractivity contribution in [1.29, 1.82) is 0 Å². The normalized spacial score (nSPS) is 23.7. The number of phenols is 1. The number of carbonyl (C=O) groups excluding carboxylic acids is 1. The molecule has 19 heavy (non-hydrogen) atoms. The quantitative estimate of drug-likeness (QED) is 0.758. The summed E-state index contributed by atoms with van der Waals surface area (Å²) < 4.78 is 24.9. The maximum Gasteiger partial charge on any atom is 0.231 e. The first-order chi connectivity index (χ1) is 8.93. The summed E-state index contributed by atoms with van der Waals surface area (Å²) >= 11 is 0. The van der Waals surface area contributed by atoms with E-state index < -0.39 is 15.3 Å². The SMILES string of the molecule is O=C1Nc2cc(O)ccc2S(=O)(=O)CC12CCCC2. The Hall–Kier alpha value is -1.56. The molecule has 0 saturated heterocycles. The minimum absolute atomic E-state index is 0.0587. The number of benzene rings is 1. The Morgan fingerprint density at radius 2 is 1.89 bits per heavy atom. The van der Waals surface area contributed by atoms with Crippen LogP contribution in [0.3, 0.4) is 0 Å². The molecule has 5 nitrogen and oxygen atoms in total. The molecule has 0 atom stereocenters. The highest BCUT2D eigenvalue weighted by Gasteiger charge is 2.47. The summed E-state index contributed by atoms with van der Waals surface area (Å²) in [7, 11) is -3.51. The Morgan fingerprint density at radius 1 is 1.21 bits per heavy atom. The molecule has 6 heteroatoms. The second-order valence-corrected chi connectivity index (χ2v) is 7.34. The van der Waals surface area contributed by atoms with Crippen LogP contribution in [0.25, 0.3) is 0 Å². The summed E-state index contributed by atoms with van der Waals surface area (Å²) in [6.07, 6.45) is 2.98. The molecule has 1 heterocycles. The Balaban J connectivity index is 2.16. The van der Waals surface area contributed by atoms with Gasteiger partial charge >= 0.3 is 0 Å². The number of sulfone groups is 1. The maximum atomic E-state index is 12.4. The molecule has 1 aromatic rings. The standard InChI is InChI=1S/C13H15NO4S/c15-9-3-4-11-10(7-9)14-12(16)13(5-1-2-6-13)8-19(11,17)18/h3-4,7,15H,1-2,5-6,8H2,(H,14,16). The third-order valence-electron chi connectivity index (χ3n) is 4.06. The van der Waals surface area contributed by atoms with Gasteiger partial charge in [0.2, 0.25) is 5.91 Å². The molecule has 0 bridgehead atoms. The van der Waals surface area contributed by atoms with Crippen LogP contribution in [0.2, 0.25) is 0 Å². The number of fused-ring (bicyclic) bond motifs is 1. The predicted octanol–water partition coefficient (Wildman–Crippen LogP) is 1.68. The van der Waals surface area contributed by atoms with Gasteiger partial charge in [0.1, 0.15) is 5.75 Å². The molecule has 2 aliphatic rings. The zero-order valence-electron chi connectivity index (χ0n) is 10.3. The van der Waals surface area contributed by atoms with Crippen molar-refractivity contribution in [2.75, 3.05) is 11.1 Å². The van der Waals surface area contributed by atoms with E-state index in [1.54, 1.807) is 0 Å². The van der Waals surface area contributed by atoms with Crippen molar-refractivity contribution in [2.45, 2.75) is 30.6 Å². The lowest BCUT2D eigenvalue weighted by Gasteiger charge is -2.23. The van der Waals surface area contributed by atoms with Gasteiger partial charge in [-0.2, -0.15) is 0 Å². The van der Waals surface area contributed by atoms with Gasteiger partial charge in [0.25, 0.3) is 0 Å². The molecule has 102 valence electrons. The van der Waals surface area contributed by atoms with E-state index >= 15 is 0 Å². The number of phenolic OH excluding ortho intramolecular Hbond substituents is 1. The molecular formula is C13H15NO4S. The van der Waals surface area contributed by atoms with Gasteiger partial charge in [-0.3, -0.25) is 4.79 Å². The first kappa shape index (κ1) is 12.5. The van der Waals surface area contributed by atoms with Gasteiger partial charge in [-0.25, -0.2) is 8.42 Å². The molecule has 1 saturated carbocycles. The fourth-order valence-electron chi connectivity index (χ4n) is 3.07. The number of hydrogen-bond donors (Lipinski definition) is 2. The fraction of sp³-hybridized carbons (Fsp3) is 0.462. The fourth-order valence-corrected chi connectivity index (χ4v) is 5.10. The van der Waals surface area contributed by atoms with Crippen LogP contribution >= 0.6 is 0 Å². The van der Waals surface area contributed by atoms with E-state index in [2.05, 4.69) is 5.32 Å². The zero-order valence-corrected chi connectivity index (χ0v) is 11.2. The van der Waals surface area contributed by atoms with Crippen molar-refractivity contribution in [3.63, 3.8) is 0 Å². The molecule has 0 unspecified atom stereocenters. The largest absolute Gasteiger partial charge is 0.508 e. The van der Waals surface area contributed by atoms with Gasteiger partial charge in [0.05, 0.1) is 21.8 Å². The summed E-state index contributed by atoms with van der Waals surface area (Å²) in [4.78, 5) is 12.4. The number of nitrogens with one attached hydrogen (secondary N) is 1. The smallest absolute Gasteiger partial charge is 0.231 e. The van der Waals surface area contributed by atoms with Crippen molar-refractivity contribution < 1.29 is 18.3 Å². The average Bonchev–Trinajstić information content (AvgIpc) is 2.74. The van der Waals surface area contributed by atoms with Crippen molar-refractivity contribution >= 4 is 21.4 Å². The van der Waals surface area contributed by atoms with Crippen LogP contribution in [-0.4, -0.2) is 25.2 Å². The summed E-state index contributed by atoms with van der Waals surface area (Å²) in [5.41, 5.74) is -0.609. The van der Waals surface area contributed by atoms with E-state index in [-0.39, 0.29) is 28.0 Å². The number of anilines is 1. The van der Waals surface area contributed by atoms with Gasteiger partial charge in [0.15, 0.2) is 9.84 Å². The summed E-state index contributed by atoms with van der Waals surface area (Å²) in [5.74, 6) is -0.432. The number of carbonyl (C=O) groups is 1. The second-order valence-electron chi connectivity index (χ2n) is 5.38. The van der Waals surface area contributed by atoms with E-state index in [4.69, 9.17) is 0 Å². The summed E-state index contributed by atoms with van der Waals surface area (Å²) in [6, 6.07) is 3.97. The summed E-state index contributed by atoms with van der Waals surface area (Å²) in [6.45, 7) is 0. The topological polar surface area (TPSA) is 83.5 Å². The van der Waals surface area contributed by atoms with E-state index in [1.165, 1.54) is 18.2 Å². The molecule has 1 spiro atoms. The van der Waals surface area contributed by atoms with Crippen LogP contribution in [0.1, 0.15) is 25.7 Å². The second kappa shape index (κ2) is 3.96. The van der Waals surface area contributed by atoms with Crippen LogP contribution in [0.5, 0.6) is 5.75 Å². The monoisotopic (exact) mass is 281 g/mol. The lowest BCUT2D eigenvalue weighted by Crippen LogP contribution is -2.37. The number of hydrogen-bond acceptors (Lipinski definition) is 4. The van der Waals surface area contributed by atoms with Crippen LogP contribution < -0.4 is 5.32 Å². The number of rotatable bonds is 0. The highest BCUT2D eigenvalue weighted by molar-refractivity contribution is 7.91. The van der Waals surface area contributed by atoms with Gasteiger partial charge < -0.3 is 10.4 Å². The first-order valence-electron chi connectivity index (χ1n) is 6.30. The molecule has 2 N–H and O–H groups in total.